The SMILES string of the molecule is COC(=O)[C@H]1[C@@H]2CC/C=C\CC[C@H]2[C@H]1C(=O)O. The van der Waals surface area contributed by atoms with Gasteiger partial charge >= 0.3 is 11.9 Å². The van der Waals surface area contributed by atoms with E-state index in [1.165, 1.54) is 7.11 Å². The fraction of sp³-hybridized carbons (Fsp3) is 0.692. The van der Waals surface area contributed by atoms with E-state index in [2.05, 4.69) is 12.2 Å². The van der Waals surface area contributed by atoms with Gasteiger partial charge in [-0.05, 0) is 37.5 Å². The van der Waals surface area contributed by atoms with Gasteiger partial charge in [0, 0.05) is 0 Å². The molecule has 0 aromatic rings. The summed E-state index contributed by atoms with van der Waals surface area (Å²) < 4.78 is 4.74. The van der Waals surface area contributed by atoms with Crippen molar-refractivity contribution in [2.45, 2.75) is 25.7 Å². The Morgan fingerprint density at radius 2 is 1.65 bits per heavy atom. The van der Waals surface area contributed by atoms with E-state index < -0.39 is 17.8 Å². The van der Waals surface area contributed by atoms with Crippen molar-refractivity contribution in [2.24, 2.45) is 23.7 Å². The van der Waals surface area contributed by atoms with Crippen LogP contribution in [0.1, 0.15) is 25.7 Å². The highest BCUT2D eigenvalue weighted by molar-refractivity contribution is 5.83. The van der Waals surface area contributed by atoms with Crippen LogP contribution in [0.5, 0.6) is 0 Å². The van der Waals surface area contributed by atoms with Crippen molar-refractivity contribution in [2.75, 3.05) is 7.11 Å². The van der Waals surface area contributed by atoms with Gasteiger partial charge in [0.1, 0.15) is 0 Å². The van der Waals surface area contributed by atoms with Crippen LogP contribution >= 0.6 is 0 Å². The van der Waals surface area contributed by atoms with E-state index in [1.54, 1.807) is 0 Å². The Hall–Kier alpha value is -1.32. The van der Waals surface area contributed by atoms with Crippen molar-refractivity contribution in [3.8, 4) is 0 Å². The molecule has 0 aliphatic heterocycles. The standard InChI is InChI=1S/C13H18O4/c1-17-13(16)11-9-7-5-3-2-4-6-8(9)10(11)12(14)15/h2-3,8-11H,4-7H2,1H3,(H,14,15)/b3-2-/t8-,9-,10-,11+/m1/s1. The molecular formula is C13H18O4. The highest BCUT2D eigenvalue weighted by Crippen LogP contribution is 2.52. The van der Waals surface area contributed by atoms with Gasteiger partial charge in [-0.1, -0.05) is 12.2 Å². The molecule has 0 bridgehead atoms. The van der Waals surface area contributed by atoms with E-state index in [0.29, 0.717) is 0 Å². The lowest BCUT2D eigenvalue weighted by Crippen LogP contribution is -2.54. The van der Waals surface area contributed by atoms with Gasteiger partial charge < -0.3 is 9.84 Å². The van der Waals surface area contributed by atoms with Crippen molar-refractivity contribution in [3.05, 3.63) is 12.2 Å². The van der Waals surface area contributed by atoms with Gasteiger partial charge in [-0.2, -0.15) is 0 Å². The normalized spacial score (nSPS) is 37.9. The Morgan fingerprint density at radius 1 is 1.12 bits per heavy atom. The number of allylic oxidation sites excluding steroid dienone is 2. The maximum absolute atomic E-state index is 11.7. The van der Waals surface area contributed by atoms with Crippen LogP contribution in [0.3, 0.4) is 0 Å². The Morgan fingerprint density at radius 3 is 2.12 bits per heavy atom. The third kappa shape index (κ3) is 2.08. The van der Waals surface area contributed by atoms with Crippen molar-refractivity contribution in [1.82, 2.24) is 0 Å². The van der Waals surface area contributed by atoms with E-state index >= 15 is 0 Å². The van der Waals surface area contributed by atoms with Crippen molar-refractivity contribution >= 4 is 11.9 Å². The maximum Gasteiger partial charge on any atom is 0.309 e. The number of ether oxygens (including phenoxy) is 1. The van der Waals surface area contributed by atoms with Crippen LogP contribution in [-0.4, -0.2) is 24.2 Å². The topological polar surface area (TPSA) is 63.6 Å². The summed E-state index contributed by atoms with van der Waals surface area (Å²) in [6.45, 7) is 0. The largest absolute Gasteiger partial charge is 0.481 e. The monoisotopic (exact) mass is 238 g/mol. The number of esters is 1. The molecule has 4 atom stereocenters. The number of carbonyl (C=O) groups is 2. The molecule has 17 heavy (non-hydrogen) atoms. The fourth-order valence-corrected chi connectivity index (χ4v) is 3.31. The molecular weight excluding hydrogens is 220 g/mol. The summed E-state index contributed by atoms with van der Waals surface area (Å²) in [7, 11) is 1.33. The van der Waals surface area contributed by atoms with E-state index in [1.807, 2.05) is 0 Å². The molecule has 0 radical (unpaired) electrons. The molecule has 0 spiro atoms. The fourth-order valence-electron chi connectivity index (χ4n) is 3.31. The Bertz CT molecular complexity index is 347. The second kappa shape index (κ2) is 4.90. The minimum absolute atomic E-state index is 0.140. The summed E-state index contributed by atoms with van der Waals surface area (Å²) in [6.07, 6.45) is 7.84. The maximum atomic E-state index is 11.7. The predicted octanol–water partition coefficient (Wildman–Crippen LogP) is 1.85. The van der Waals surface area contributed by atoms with E-state index in [0.717, 1.165) is 25.7 Å². The van der Waals surface area contributed by atoms with E-state index in [-0.39, 0.29) is 17.8 Å². The second-order valence-electron chi connectivity index (χ2n) is 4.87. The molecule has 1 N–H and O–H groups in total. The summed E-state index contributed by atoms with van der Waals surface area (Å²) >= 11 is 0. The molecule has 2 aliphatic rings. The minimum atomic E-state index is -0.855. The molecule has 4 nitrogen and oxygen atoms in total. The van der Waals surface area contributed by atoms with Crippen LogP contribution in [0.2, 0.25) is 0 Å². The Kier molecular flexibility index (Phi) is 3.50. The number of carboxylic acid groups (broad SMARTS) is 1. The lowest BCUT2D eigenvalue weighted by Gasteiger charge is -2.49. The molecule has 2 aliphatic carbocycles. The molecule has 0 aromatic carbocycles. The van der Waals surface area contributed by atoms with Crippen LogP contribution in [0, 0.1) is 23.7 Å². The summed E-state index contributed by atoms with van der Waals surface area (Å²) in [5.41, 5.74) is 0. The first-order valence-corrected chi connectivity index (χ1v) is 6.12. The molecule has 0 amide bonds. The van der Waals surface area contributed by atoms with Gasteiger partial charge in [-0.15, -0.1) is 0 Å². The first kappa shape index (κ1) is 12.1. The summed E-state index contributed by atoms with van der Waals surface area (Å²) in [5.74, 6) is -1.86. The number of methoxy groups -OCH3 is 1. The lowest BCUT2D eigenvalue weighted by atomic mass is 9.53. The smallest absolute Gasteiger partial charge is 0.309 e. The number of fused-ring (bicyclic) bond motifs is 1. The van der Waals surface area contributed by atoms with Gasteiger partial charge in [-0.3, -0.25) is 9.59 Å². The van der Waals surface area contributed by atoms with Gasteiger partial charge in [0.05, 0.1) is 18.9 Å². The molecule has 1 saturated carbocycles. The van der Waals surface area contributed by atoms with Crippen LogP contribution < -0.4 is 0 Å². The van der Waals surface area contributed by atoms with Crippen molar-refractivity contribution in [1.29, 1.82) is 0 Å². The third-order valence-corrected chi connectivity index (χ3v) is 4.12. The number of carboxylic acids is 1. The average Bonchev–Trinajstić information content (AvgIpc) is 2.26. The van der Waals surface area contributed by atoms with Crippen LogP contribution in [-0.2, 0) is 14.3 Å². The van der Waals surface area contributed by atoms with Crippen molar-refractivity contribution < 1.29 is 19.4 Å². The summed E-state index contributed by atoms with van der Waals surface area (Å²) in [4.78, 5) is 22.9. The third-order valence-electron chi connectivity index (χ3n) is 4.12. The first-order chi connectivity index (χ1) is 8.16. The number of carbonyl (C=O) groups excluding carboxylic acids is 1. The zero-order valence-electron chi connectivity index (χ0n) is 9.96. The lowest BCUT2D eigenvalue weighted by molar-refractivity contribution is -0.178. The Labute approximate surface area is 101 Å². The molecule has 94 valence electrons. The van der Waals surface area contributed by atoms with Gasteiger partial charge in [0.25, 0.3) is 0 Å². The quantitative estimate of drug-likeness (QED) is 0.589. The highest BCUT2D eigenvalue weighted by atomic mass is 16.5. The minimum Gasteiger partial charge on any atom is -0.481 e. The van der Waals surface area contributed by atoms with Crippen LogP contribution in [0.15, 0.2) is 12.2 Å². The second-order valence-corrected chi connectivity index (χ2v) is 4.87. The molecule has 4 heteroatoms. The first-order valence-electron chi connectivity index (χ1n) is 6.12. The molecule has 1 fully saturated rings. The molecule has 0 saturated heterocycles. The average molecular weight is 238 g/mol. The van der Waals surface area contributed by atoms with Crippen LogP contribution in [0.4, 0.5) is 0 Å². The Balaban J connectivity index is 2.17. The van der Waals surface area contributed by atoms with E-state index in [9.17, 15) is 14.7 Å². The molecule has 0 unspecified atom stereocenters. The van der Waals surface area contributed by atoms with E-state index in [4.69, 9.17) is 4.74 Å². The predicted molar refractivity (Wildman–Crippen MR) is 61.2 cm³/mol. The van der Waals surface area contributed by atoms with Crippen LogP contribution in [0.25, 0.3) is 0 Å². The zero-order chi connectivity index (χ0) is 12.4. The van der Waals surface area contributed by atoms with Crippen molar-refractivity contribution in [3.63, 3.8) is 0 Å². The highest BCUT2D eigenvalue weighted by Gasteiger charge is 2.56. The number of hydrogen-bond donors (Lipinski definition) is 1. The zero-order valence-corrected chi connectivity index (χ0v) is 9.96. The molecule has 2 rings (SSSR count). The molecule has 0 aromatic heterocycles. The van der Waals surface area contributed by atoms with Gasteiger partial charge in [-0.25, -0.2) is 0 Å². The summed E-state index contributed by atoms with van der Waals surface area (Å²) in [6, 6.07) is 0. The van der Waals surface area contributed by atoms with Gasteiger partial charge in [0.15, 0.2) is 0 Å². The molecule has 0 heterocycles. The number of hydrogen-bond acceptors (Lipinski definition) is 3. The number of aliphatic carboxylic acids is 1. The van der Waals surface area contributed by atoms with Gasteiger partial charge in [0.2, 0.25) is 0 Å². The summed E-state index contributed by atoms with van der Waals surface area (Å²) in [5, 5.41) is 9.22. The number of rotatable bonds is 2.